The topological polar surface area (TPSA) is 85.7 Å². The zero-order valence-corrected chi connectivity index (χ0v) is 18.4. The summed E-state index contributed by atoms with van der Waals surface area (Å²) in [6.45, 7) is 4.76. The third kappa shape index (κ3) is 3.68. The highest BCUT2D eigenvalue weighted by Crippen LogP contribution is 2.36. The van der Waals surface area contributed by atoms with Crippen LogP contribution in [-0.2, 0) is 19.1 Å². The largest absolute Gasteiger partial charge is 0.456 e. The Morgan fingerprint density at radius 1 is 1.03 bits per heavy atom. The van der Waals surface area contributed by atoms with Crippen molar-refractivity contribution in [2.24, 2.45) is 11.8 Å². The predicted molar refractivity (Wildman–Crippen MR) is 117 cm³/mol. The van der Waals surface area contributed by atoms with Gasteiger partial charge in [-0.2, -0.15) is 0 Å². The molecule has 0 radical (unpaired) electrons. The molecule has 0 spiro atoms. The smallest absolute Gasteiger partial charge is 0.329 e. The minimum atomic E-state index is -1.06. The number of Topliss-reactive ketones (excluding diaryl/α,β-unsaturated/α-hetero) is 1. The van der Waals surface area contributed by atoms with E-state index in [-0.39, 0.29) is 17.6 Å². The van der Waals surface area contributed by atoms with Gasteiger partial charge in [-0.25, -0.2) is 4.79 Å². The highest BCUT2D eigenvalue weighted by molar-refractivity contribution is 6.08. The van der Waals surface area contributed by atoms with Crippen LogP contribution in [0.4, 0.5) is 0 Å². The molecular weight excluding hydrogens is 408 g/mol. The summed E-state index contributed by atoms with van der Waals surface area (Å²) in [5.74, 6) is -2.60. The average molecular weight is 434 g/mol. The van der Waals surface area contributed by atoms with Gasteiger partial charge in [-0.15, -0.1) is 0 Å². The van der Waals surface area contributed by atoms with Crippen LogP contribution in [0.5, 0.6) is 0 Å². The van der Waals surface area contributed by atoms with Gasteiger partial charge < -0.3 is 9.30 Å². The predicted octanol–water partition coefficient (Wildman–Crippen LogP) is 3.16. The number of ketones is 1. The molecule has 1 aliphatic heterocycles. The molecule has 7 heteroatoms. The van der Waals surface area contributed by atoms with E-state index < -0.39 is 30.5 Å². The van der Waals surface area contributed by atoms with Crippen molar-refractivity contribution in [2.75, 3.05) is 6.61 Å². The molecule has 1 aromatic carbocycles. The number of rotatable bonds is 6. The molecule has 1 saturated heterocycles. The Balaban J connectivity index is 1.43. The first kappa shape index (κ1) is 21.7. The van der Waals surface area contributed by atoms with Crippen LogP contribution in [0, 0.1) is 25.7 Å². The standard InChI is InChI=1S/C25H26N2O5/c1-15-13-21(16(2)26(15)18-9-5-4-6-10-18)22(28)14-32-25(31)17(3)27-23(29)19-11-7-8-12-20(19)24(27)30/h4-10,13,17,19-20H,11-12,14H2,1-3H3/t17-,19-,20+/m0/s1. The van der Waals surface area contributed by atoms with E-state index in [0.29, 0.717) is 18.4 Å². The van der Waals surface area contributed by atoms with E-state index in [1.54, 1.807) is 6.07 Å². The van der Waals surface area contributed by atoms with Gasteiger partial charge >= 0.3 is 5.97 Å². The maximum atomic E-state index is 12.8. The van der Waals surface area contributed by atoms with Gasteiger partial charge in [0.05, 0.1) is 11.8 Å². The van der Waals surface area contributed by atoms with Crippen LogP contribution in [-0.4, -0.2) is 45.7 Å². The number of para-hydroxylation sites is 1. The van der Waals surface area contributed by atoms with E-state index in [4.69, 9.17) is 4.74 Å². The van der Waals surface area contributed by atoms with Crippen LogP contribution < -0.4 is 0 Å². The third-order valence-electron chi connectivity index (χ3n) is 6.36. The zero-order chi connectivity index (χ0) is 23.0. The molecule has 3 atom stereocenters. The summed E-state index contributed by atoms with van der Waals surface area (Å²) in [7, 11) is 0. The number of ether oxygens (including phenoxy) is 1. The van der Waals surface area contributed by atoms with Crippen molar-refractivity contribution in [2.45, 2.75) is 39.7 Å². The molecule has 0 unspecified atom stereocenters. The molecule has 0 N–H and O–H groups in total. The fraction of sp³-hybridized carbons (Fsp3) is 0.360. The molecule has 2 aliphatic rings. The minimum absolute atomic E-state index is 0.335. The highest BCUT2D eigenvalue weighted by atomic mass is 16.5. The van der Waals surface area contributed by atoms with Crippen LogP contribution in [0.3, 0.4) is 0 Å². The maximum absolute atomic E-state index is 12.8. The number of hydrogen-bond acceptors (Lipinski definition) is 5. The Morgan fingerprint density at radius 3 is 2.22 bits per heavy atom. The monoisotopic (exact) mass is 434 g/mol. The normalized spacial score (nSPS) is 20.9. The second-order valence-electron chi connectivity index (χ2n) is 8.36. The lowest BCUT2D eigenvalue weighted by molar-refractivity contribution is -0.157. The van der Waals surface area contributed by atoms with Gasteiger partial charge in [0.2, 0.25) is 17.6 Å². The SMILES string of the molecule is Cc1cc(C(=O)COC(=O)[C@H](C)N2C(=O)[C@H]3CC=CC[C@H]3C2=O)c(C)n1-c1ccccc1. The van der Waals surface area contributed by atoms with Crippen molar-refractivity contribution in [1.29, 1.82) is 0 Å². The van der Waals surface area contributed by atoms with E-state index >= 15 is 0 Å². The Hall–Kier alpha value is -3.48. The summed E-state index contributed by atoms with van der Waals surface area (Å²) < 4.78 is 7.20. The first-order valence-corrected chi connectivity index (χ1v) is 10.8. The number of imide groups is 1. The molecule has 2 heterocycles. The molecule has 1 aliphatic carbocycles. The van der Waals surface area contributed by atoms with Gasteiger partial charge in [-0.1, -0.05) is 30.4 Å². The molecular formula is C25H26N2O5. The number of aryl methyl sites for hydroxylation is 1. The lowest BCUT2D eigenvalue weighted by Crippen LogP contribution is -2.44. The lowest BCUT2D eigenvalue weighted by Gasteiger charge is -2.21. The summed E-state index contributed by atoms with van der Waals surface area (Å²) in [5.41, 5.74) is 3.05. The van der Waals surface area contributed by atoms with Gasteiger partial charge in [-0.05, 0) is 51.8 Å². The summed E-state index contributed by atoms with van der Waals surface area (Å²) in [5, 5.41) is 0. The van der Waals surface area contributed by atoms with Crippen molar-refractivity contribution < 1.29 is 23.9 Å². The summed E-state index contributed by atoms with van der Waals surface area (Å²) >= 11 is 0. The van der Waals surface area contributed by atoms with E-state index in [0.717, 1.165) is 22.0 Å². The number of aromatic nitrogens is 1. The number of nitrogens with zero attached hydrogens (tertiary/aromatic N) is 2. The number of carbonyl (C=O) groups is 4. The maximum Gasteiger partial charge on any atom is 0.329 e. The van der Waals surface area contributed by atoms with E-state index in [2.05, 4.69) is 0 Å². The van der Waals surface area contributed by atoms with Gasteiger partial charge in [0.1, 0.15) is 6.04 Å². The van der Waals surface area contributed by atoms with Crippen LogP contribution in [0.25, 0.3) is 5.69 Å². The molecule has 0 saturated carbocycles. The first-order valence-electron chi connectivity index (χ1n) is 10.8. The average Bonchev–Trinajstić information content (AvgIpc) is 3.24. The van der Waals surface area contributed by atoms with Crippen molar-refractivity contribution in [3.8, 4) is 5.69 Å². The highest BCUT2D eigenvalue weighted by Gasteiger charge is 2.50. The molecule has 0 bridgehead atoms. The van der Waals surface area contributed by atoms with Crippen molar-refractivity contribution in [3.63, 3.8) is 0 Å². The van der Waals surface area contributed by atoms with Crippen molar-refractivity contribution in [3.05, 3.63) is 65.5 Å². The third-order valence-corrected chi connectivity index (χ3v) is 6.36. The Labute approximate surface area is 186 Å². The van der Waals surface area contributed by atoms with Gasteiger partial charge in [0.15, 0.2) is 6.61 Å². The molecule has 2 amide bonds. The number of amides is 2. The second-order valence-corrected chi connectivity index (χ2v) is 8.36. The first-order chi connectivity index (χ1) is 15.3. The number of esters is 1. The molecule has 1 fully saturated rings. The Morgan fingerprint density at radius 2 is 1.62 bits per heavy atom. The van der Waals surface area contributed by atoms with Crippen LogP contribution in [0.15, 0.2) is 48.6 Å². The zero-order valence-electron chi connectivity index (χ0n) is 18.4. The number of fused-ring (bicyclic) bond motifs is 1. The number of allylic oxidation sites excluding steroid dienone is 2. The summed E-state index contributed by atoms with van der Waals surface area (Å²) in [4.78, 5) is 51.7. The van der Waals surface area contributed by atoms with Crippen LogP contribution in [0.1, 0.15) is 41.5 Å². The van der Waals surface area contributed by atoms with Gasteiger partial charge in [0.25, 0.3) is 0 Å². The molecule has 166 valence electrons. The van der Waals surface area contributed by atoms with Gasteiger partial charge in [0, 0.05) is 22.6 Å². The number of benzene rings is 1. The van der Waals surface area contributed by atoms with Gasteiger partial charge in [-0.3, -0.25) is 19.3 Å². The number of likely N-dealkylation sites (tertiary alicyclic amines) is 1. The molecule has 2 aromatic rings. The lowest BCUT2D eigenvalue weighted by atomic mass is 9.85. The van der Waals surface area contributed by atoms with Crippen molar-refractivity contribution in [1.82, 2.24) is 9.47 Å². The Kier molecular flexibility index (Phi) is 5.82. The molecule has 1 aromatic heterocycles. The number of hydrogen-bond donors (Lipinski definition) is 0. The minimum Gasteiger partial charge on any atom is -0.456 e. The van der Waals surface area contributed by atoms with E-state index in [1.165, 1.54) is 6.92 Å². The van der Waals surface area contributed by atoms with Crippen molar-refractivity contribution >= 4 is 23.6 Å². The molecule has 7 nitrogen and oxygen atoms in total. The number of carbonyl (C=O) groups excluding carboxylic acids is 4. The van der Waals surface area contributed by atoms with Crippen LogP contribution >= 0.6 is 0 Å². The fourth-order valence-corrected chi connectivity index (χ4v) is 4.67. The Bertz CT molecular complexity index is 1090. The van der Waals surface area contributed by atoms with E-state index in [9.17, 15) is 19.2 Å². The molecule has 32 heavy (non-hydrogen) atoms. The molecule has 4 rings (SSSR count). The van der Waals surface area contributed by atoms with E-state index in [1.807, 2.05) is 60.9 Å². The fourth-order valence-electron chi connectivity index (χ4n) is 4.67. The second kappa shape index (κ2) is 8.57. The quantitative estimate of drug-likeness (QED) is 0.302. The van der Waals surface area contributed by atoms with Crippen LogP contribution in [0.2, 0.25) is 0 Å². The summed E-state index contributed by atoms with van der Waals surface area (Å²) in [6, 6.07) is 10.4. The summed E-state index contributed by atoms with van der Waals surface area (Å²) in [6.07, 6.45) is 4.79.